The van der Waals surface area contributed by atoms with Gasteiger partial charge in [-0.05, 0) is 31.9 Å². The van der Waals surface area contributed by atoms with Crippen LogP contribution in [0, 0.1) is 13.8 Å². The van der Waals surface area contributed by atoms with Crippen molar-refractivity contribution in [2.75, 3.05) is 11.9 Å². The third-order valence-corrected chi connectivity index (χ3v) is 3.57. The zero-order chi connectivity index (χ0) is 16.8. The van der Waals surface area contributed by atoms with Gasteiger partial charge in [0, 0.05) is 30.5 Å². The molecule has 6 heteroatoms. The summed E-state index contributed by atoms with van der Waals surface area (Å²) in [6.07, 6.45) is 2.25. The summed E-state index contributed by atoms with van der Waals surface area (Å²) in [4.78, 5) is 27.9. The molecule has 0 fully saturated rings. The summed E-state index contributed by atoms with van der Waals surface area (Å²) in [7, 11) is 0. The first kappa shape index (κ1) is 16.7. The number of nitrogens with one attached hydrogen (secondary N) is 2. The third-order valence-electron chi connectivity index (χ3n) is 3.57. The predicted octanol–water partition coefficient (Wildman–Crippen LogP) is 2.24. The topological polar surface area (TPSA) is 76.0 Å². The summed E-state index contributed by atoms with van der Waals surface area (Å²) in [5.74, 6) is 0. The zero-order valence-corrected chi connectivity index (χ0v) is 13.7. The number of hydrogen-bond donors (Lipinski definition) is 2. The Kier molecular flexibility index (Phi) is 5.51. The minimum absolute atomic E-state index is 0.103. The molecule has 0 radical (unpaired) electrons. The fourth-order valence-corrected chi connectivity index (χ4v) is 2.23. The standard InChI is InChI=1S/C17H22N4O2/c1-4-14-10-16(22)21(11-19-14)8-7-18-17(23)20-15-6-5-12(2)9-13(15)3/h5-6,9-11H,4,7-8H2,1-3H3,(H2,18,20,23). The van der Waals surface area contributed by atoms with E-state index in [9.17, 15) is 9.59 Å². The van der Waals surface area contributed by atoms with Crippen LogP contribution in [0.5, 0.6) is 0 Å². The molecule has 0 atom stereocenters. The average molecular weight is 314 g/mol. The number of amides is 2. The molecule has 2 N–H and O–H groups in total. The number of aromatic nitrogens is 2. The van der Waals surface area contributed by atoms with Crippen molar-refractivity contribution < 1.29 is 4.79 Å². The van der Waals surface area contributed by atoms with E-state index in [4.69, 9.17) is 0 Å². The van der Waals surface area contributed by atoms with Crippen LogP contribution in [0.25, 0.3) is 0 Å². The number of carbonyl (C=O) groups is 1. The van der Waals surface area contributed by atoms with Gasteiger partial charge in [0.25, 0.3) is 5.56 Å². The molecule has 23 heavy (non-hydrogen) atoms. The molecule has 122 valence electrons. The van der Waals surface area contributed by atoms with Crippen LogP contribution in [-0.2, 0) is 13.0 Å². The van der Waals surface area contributed by atoms with Gasteiger partial charge in [0.2, 0.25) is 0 Å². The highest BCUT2D eigenvalue weighted by atomic mass is 16.2. The van der Waals surface area contributed by atoms with Crippen molar-refractivity contribution in [3.05, 3.63) is 57.8 Å². The summed E-state index contributed by atoms with van der Waals surface area (Å²) in [6.45, 7) is 6.64. The van der Waals surface area contributed by atoms with Crippen LogP contribution in [0.3, 0.4) is 0 Å². The summed E-state index contributed by atoms with van der Waals surface area (Å²) in [6, 6.07) is 7.07. The number of urea groups is 1. The van der Waals surface area contributed by atoms with Crippen LogP contribution in [0.1, 0.15) is 23.7 Å². The van der Waals surface area contributed by atoms with E-state index < -0.39 is 0 Å². The molecule has 6 nitrogen and oxygen atoms in total. The SMILES string of the molecule is CCc1cc(=O)n(CCNC(=O)Nc2ccc(C)cc2C)cn1. The van der Waals surface area contributed by atoms with E-state index in [1.165, 1.54) is 17.0 Å². The summed E-state index contributed by atoms with van der Waals surface area (Å²) < 4.78 is 1.48. The van der Waals surface area contributed by atoms with Crippen LogP contribution in [-0.4, -0.2) is 22.1 Å². The maximum absolute atomic E-state index is 11.9. The largest absolute Gasteiger partial charge is 0.336 e. The van der Waals surface area contributed by atoms with Gasteiger partial charge in [0.05, 0.1) is 6.33 Å². The Morgan fingerprint density at radius 1 is 1.26 bits per heavy atom. The van der Waals surface area contributed by atoms with Crippen molar-refractivity contribution >= 4 is 11.7 Å². The first-order valence-corrected chi connectivity index (χ1v) is 7.67. The smallest absolute Gasteiger partial charge is 0.319 e. The number of hydrogen-bond acceptors (Lipinski definition) is 3. The lowest BCUT2D eigenvalue weighted by Gasteiger charge is -2.11. The molecule has 2 amide bonds. The maximum atomic E-state index is 11.9. The number of carbonyl (C=O) groups excluding carboxylic acids is 1. The van der Waals surface area contributed by atoms with Gasteiger partial charge in [0.1, 0.15) is 0 Å². The summed E-state index contributed by atoms with van der Waals surface area (Å²) in [5.41, 5.74) is 3.60. The van der Waals surface area contributed by atoms with Gasteiger partial charge < -0.3 is 10.6 Å². The van der Waals surface area contributed by atoms with E-state index in [0.29, 0.717) is 13.1 Å². The molecule has 1 heterocycles. The molecule has 0 aliphatic carbocycles. The van der Waals surface area contributed by atoms with Crippen LogP contribution in [0.4, 0.5) is 10.5 Å². The molecule has 0 spiro atoms. The second-order valence-electron chi connectivity index (χ2n) is 5.46. The third kappa shape index (κ3) is 4.67. The lowest BCUT2D eigenvalue weighted by Crippen LogP contribution is -2.34. The predicted molar refractivity (Wildman–Crippen MR) is 90.8 cm³/mol. The van der Waals surface area contributed by atoms with E-state index in [2.05, 4.69) is 15.6 Å². The van der Waals surface area contributed by atoms with Crippen molar-refractivity contribution in [2.45, 2.75) is 33.7 Å². The highest BCUT2D eigenvalue weighted by molar-refractivity contribution is 5.90. The van der Waals surface area contributed by atoms with Crippen molar-refractivity contribution in [3.8, 4) is 0 Å². The molecular formula is C17H22N4O2. The quantitative estimate of drug-likeness (QED) is 0.888. The van der Waals surface area contributed by atoms with Gasteiger partial charge >= 0.3 is 6.03 Å². The molecule has 0 bridgehead atoms. The zero-order valence-electron chi connectivity index (χ0n) is 13.7. The van der Waals surface area contributed by atoms with Gasteiger partial charge in [-0.1, -0.05) is 24.6 Å². The number of nitrogens with zero attached hydrogens (tertiary/aromatic N) is 2. The molecule has 1 aromatic carbocycles. The van der Waals surface area contributed by atoms with Gasteiger partial charge in [0.15, 0.2) is 0 Å². The first-order valence-electron chi connectivity index (χ1n) is 7.67. The van der Waals surface area contributed by atoms with Gasteiger partial charge in [-0.15, -0.1) is 0 Å². The molecule has 0 saturated carbocycles. The molecule has 0 saturated heterocycles. The summed E-state index contributed by atoms with van der Waals surface area (Å²) in [5, 5.41) is 5.54. The number of benzene rings is 1. The maximum Gasteiger partial charge on any atom is 0.319 e. The molecule has 2 rings (SSSR count). The van der Waals surface area contributed by atoms with E-state index >= 15 is 0 Å². The van der Waals surface area contributed by atoms with Crippen molar-refractivity contribution in [1.29, 1.82) is 0 Å². The molecule has 0 aliphatic heterocycles. The fraction of sp³-hybridized carbons (Fsp3) is 0.353. The molecule has 0 aliphatic rings. The second kappa shape index (κ2) is 7.58. The number of aryl methyl sites for hydroxylation is 3. The van der Waals surface area contributed by atoms with E-state index in [1.807, 2.05) is 39.0 Å². The Balaban J connectivity index is 1.86. The lowest BCUT2D eigenvalue weighted by atomic mass is 10.1. The van der Waals surface area contributed by atoms with Crippen molar-refractivity contribution in [1.82, 2.24) is 14.9 Å². The Morgan fingerprint density at radius 3 is 2.70 bits per heavy atom. The highest BCUT2D eigenvalue weighted by Crippen LogP contribution is 2.15. The van der Waals surface area contributed by atoms with Crippen LogP contribution < -0.4 is 16.2 Å². The first-order chi connectivity index (χ1) is 11.0. The Labute approximate surface area is 135 Å². The molecule has 2 aromatic rings. The van der Waals surface area contributed by atoms with Crippen molar-refractivity contribution in [3.63, 3.8) is 0 Å². The molecular weight excluding hydrogens is 292 g/mol. The van der Waals surface area contributed by atoms with Gasteiger partial charge in [-0.2, -0.15) is 0 Å². The monoisotopic (exact) mass is 314 g/mol. The number of rotatable bonds is 5. The van der Waals surface area contributed by atoms with Crippen LogP contribution in [0.15, 0.2) is 35.4 Å². The highest BCUT2D eigenvalue weighted by Gasteiger charge is 2.05. The van der Waals surface area contributed by atoms with Crippen LogP contribution >= 0.6 is 0 Å². The Morgan fingerprint density at radius 2 is 2.04 bits per heavy atom. The minimum Gasteiger partial charge on any atom is -0.336 e. The van der Waals surface area contributed by atoms with E-state index in [1.54, 1.807) is 0 Å². The lowest BCUT2D eigenvalue weighted by molar-refractivity contribution is 0.251. The summed E-state index contributed by atoms with van der Waals surface area (Å²) >= 11 is 0. The Bertz CT molecular complexity index is 752. The van der Waals surface area contributed by atoms with Crippen molar-refractivity contribution in [2.24, 2.45) is 0 Å². The van der Waals surface area contributed by atoms with Crippen LogP contribution in [0.2, 0.25) is 0 Å². The van der Waals surface area contributed by atoms with E-state index in [0.717, 1.165) is 28.9 Å². The van der Waals surface area contributed by atoms with E-state index in [-0.39, 0.29) is 11.6 Å². The molecule has 0 unspecified atom stereocenters. The van der Waals surface area contributed by atoms with Gasteiger partial charge in [-0.3, -0.25) is 9.36 Å². The normalized spacial score (nSPS) is 10.4. The second-order valence-corrected chi connectivity index (χ2v) is 5.46. The minimum atomic E-state index is -0.289. The Hall–Kier alpha value is -2.63. The molecule has 1 aromatic heterocycles. The number of anilines is 1. The fourth-order valence-electron chi connectivity index (χ4n) is 2.23. The average Bonchev–Trinajstić information content (AvgIpc) is 2.51. The van der Waals surface area contributed by atoms with Gasteiger partial charge in [-0.25, -0.2) is 9.78 Å².